The fourth-order valence-electron chi connectivity index (χ4n) is 7.71. The Hall–Kier alpha value is -2.55. The number of aromatic nitrogens is 3. The zero-order chi connectivity index (χ0) is 38.3. The molecule has 1 aromatic heterocycles. The van der Waals surface area contributed by atoms with Gasteiger partial charge in [0.05, 0.1) is 18.7 Å². The molecule has 0 radical (unpaired) electrons. The van der Waals surface area contributed by atoms with Gasteiger partial charge in [0.1, 0.15) is 11.9 Å². The van der Waals surface area contributed by atoms with Gasteiger partial charge < -0.3 is 5.11 Å². The molecule has 9 heteroatoms. The van der Waals surface area contributed by atoms with Crippen molar-refractivity contribution in [1.82, 2.24) is 14.8 Å². The van der Waals surface area contributed by atoms with Gasteiger partial charge in [-0.2, -0.15) is 0 Å². The molecule has 0 fully saturated rings. The number of amidine groups is 1. The largest absolute Gasteiger partial charge is 0.871 e. The highest BCUT2D eigenvalue weighted by atomic mass is 32.1. The number of aliphatic imine (C=N–C) groups is 2. The summed E-state index contributed by atoms with van der Waals surface area (Å²) in [6, 6.07) is 0. The molecule has 304 valence electrons. The number of carbonyl (C=O) groups is 1. The normalized spacial score (nSPS) is 15.5. The molecule has 0 saturated carbocycles. The van der Waals surface area contributed by atoms with Crippen molar-refractivity contribution < 1.29 is 14.5 Å². The first-order valence-corrected chi connectivity index (χ1v) is 23.5. The fourth-order valence-corrected chi connectivity index (χ4v) is 8.21. The van der Waals surface area contributed by atoms with Gasteiger partial charge in [-0.25, -0.2) is 4.99 Å². The van der Waals surface area contributed by atoms with Crippen molar-refractivity contribution in [3.05, 3.63) is 22.0 Å². The second-order valence-corrected chi connectivity index (χ2v) is 16.7. The summed E-state index contributed by atoms with van der Waals surface area (Å²) in [7, 11) is 0. The maximum atomic E-state index is 12.8. The zero-order valence-electron chi connectivity index (χ0n) is 34.6. The van der Waals surface area contributed by atoms with E-state index in [1.807, 2.05) is 0 Å². The lowest BCUT2D eigenvalue weighted by Crippen LogP contribution is -2.31. The van der Waals surface area contributed by atoms with Gasteiger partial charge in [-0.1, -0.05) is 204 Å². The lowest BCUT2D eigenvalue weighted by atomic mass is 9.87. The van der Waals surface area contributed by atoms with Crippen molar-refractivity contribution in [3.63, 3.8) is 0 Å². The second kappa shape index (κ2) is 30.6. The van der Waals surface area contributed by atoms with Crippen molar-refractivity contribution in [2.24, 2.45) is 9.98 Å². The Labute approximate surface area is 333 Å². The van der Waals surface area contributed by atoms with Crippen LogP contribution in [-0.4, -0.2) is 56.5 Å². The summed E-state index contributed by atoms with van der Waals surface area (Å²) in [5.74, 6) is 0.135. The maximum absolute atomic E-state index is 12.8. The van der Waals surface area contributed by atoms with Crippen LogP contribution < -0.4 is 5.11 Å². The molecule has 0 bridgehead atoms. The average molecular weight is 765 g/mol. The van der Waals surface area contributed by atoms with E-state index in [4.69, 9.17) is 4.99 Å². The molecule has 2 aliphatic rings. The molecule has 1 aliphatic heterocycles. The SMILES string of the molecule is CCCCCCCCCCCCCCCCCC[N+](CCCCCCCCCCCCCCCCCC)=C1C=N/C(=C2\C(=O)C(c3nnns3)=C2[O-])C=N1. The molecule has 0 amide bonds. The van der Waals surface area contributed by atoms with E-state index < -0.39 is 0 Å². The van der Waals surface area contributed by atoms with E-state index in [1.165, 1.54) is 193 Å². The zero-order valence-corrected chi connectivity index (χ0v) is 35.4. The summed E-state index contributed by atoms with van der Waals surface area (Å²) in [5.41, 5.74) is 0.473. The molecule has 0 saturated heterocycles. The highest BCUT2D eigenvalue weighted by Crippen LogP contribution is 2.36. The molecule has 8 nitrogen and oxygen atoms in total. The van der Waals surface area contributed by atoms with Crippen LogP contribution in [0.25, 0.3) is 5.57 Å². The van der Waals surface area contributed by atoms with E-state index in [-0.39, 0.29) is 27.7 Å². The fraction of sp³-hybridized carbons (Fsp3) is 0.800. The van der Waals surface area contributed by atoms with E-state index in [9.17, 15) is 9.90 Å². The van der Waals surface area contributed by atoms with Gasteiger partial charge in [-0.3, -0.25) is 9.37 Å². The predicted octanol–water partition coefficient (Wildman–Crippen LogP) is 11.9. The maximum Gasteiger partial charge on any atom is 0.336 e. The number of nitrogens with zero attached hydrogens (tertiary/aromatic N) is 6. The van der Waals surface area contributed by atoms with Crippen LogP contribution in [0.3, 0.4) is 0 Å². The second-order valence-electron chi connectivity index (χ2n) is 15.9. The summed E-state index contributed by atoms with van der Waals surface area (Å²) in [4.78, 5) is 22.0. The molecule has 0 unspecified atom stereocenters. The molecule has 54 heavy (non-hydrogen) atoms. The molecule has 1 aromatic rings. The molecule has 0 atom stereocenters. The van der Waals surface area contributed by atoms with Gasteiger partial charge in [0.2, 0.25) is 0 Å². The molecular formula is C45H76N6O2S. The van der Waals surface area contributed by atoms with Crippen molar-refractivity contribution in [1.29, 1.82) is 0 Å². The Bertz CT molecular complexity index is 1240. The molecule has 3 rings (SSSR count). The van der Waals surface area contributed by atoms with Crippen LogP contribution in [-0.2, 0) is 4.79 Å². The summed E-state index contributed by atoms with van der Waals surface area (Å²) in [6.45, 7) is 6.50. The third kappa shape index (κ3) is 18.9. The van der Waals surface area contributed by atoms with Gasteiger partial charge in [0.25, 0.3) is 0 Å². The molecule has 0 spiro atoms. The first-order valence-electron chi connectivity index (χ1n) is 22.7. The van der Waals surface area contributed by atoms with Gasteiger partial charge >= 0.3 is 5.84 Å². The topological polar surface area (TPSA) is 107 Å². The number of rotatable bonds is 35. The summed E-state index contributed by atoms with van der Waals surface area (Å²) in [6.07, 6.45) is 47.0. The van der Waals surface area contributed by atoms with E-state index in [0.29, 0.717) is 5.70 Å². The minimum absolute atomic E-state index is 0.0551. The summed E-state index contributed by atoms with van der Waals surface area (Å²) in [5, 5.41) is 20.4. The first-order chi connectivity index (χ1) is 26.7. The van der Waals surface area contributed by atoms with Crippen molar-refractivity contribution in [2.45, 2.75) is 219 Å². The lowest BCUT2D eigenvalue weighted by Gasteiger charge is -2.29. The number of ketones is 1. The number of allylic oxidation sites excluding steroid dienone is 3. The van der Waals surface area contributed by atoms with E-state index in [0.717, 1.165) is 43.3 Å². The minimum atomic E-state index is -0.348. The van der Waals surface area contributed by atoms with E-state index >= 15 is 0 Å². The summed E-state index contributed by atoms with van der Waals surface area (Å²) >= 11 is 0.953. The van der Waals surface area contributed by atoms with Crippen LogP contribution in [0.15, 0.2) is 27.0 Å². The number of Topliss-reactive ketones (excluding diaryl/α,β-unsaturated/α-hetero) is 1. The Morgan fingerprint density at radius 3 is 1.22 bits per heavy atom. The minimum Gasteiger partial charge on any atom is -0.871 e. The predicted molar refractivity (Wildman–Crippen MR) is 228 cm³/mol. The lowest BCUT2D eigenvalue weighted by molar-refractivity contribution is -0.528. The van der Waals surface area contributed by atoms with Crippen LogP contribution in [0, 0.1) is 0 Å². The van der Waals surface area contributed by atoms with Crippen molar-refractivity contribution in [2.75, 3.05) is 13.1 Å². The smallest absolute Gasteiger partial charge is 0.336 e. The Morgan fingerprint density at radius 2 is 0.907 bits per heavy atom. The van der Waals surface area contributed by atoms with Crippen LogP contribution in [0.1, 0.15) is 224 Å². The molecule has 2 heterocycles. The van der Waals surface area contributed by atoms with Gasteiger partial charge in [0.15, 0.2) is 17.0 Å². The Morgan fingerprint density at radius 1 is 0.519 bits per heavy atom. The summed E-state index contributed by atoms with van der Waals surface area (Å²) < 4.78 is 6.04. The van der Waals surface area contributed by atoms with Crippen LogP contribution in [0.4, 0.5) is 0 Å². The van der Waals surface area contributed by atoms with Gasteiger partial charge in [-0.05, 0) is 35.9 Å². The third-order valence-electron chi connectivity index (χ3n) is 11.2. The average Bonchev–Trinajstić information content (AvgIpc) is 3.71. The van der Waals surface area contributed by atoms with Crippen LogP contribution >= 0.6 is 11.5 Å². The monoisotopic (exact) mass is 765 g/mol. The van der Waals surface area contributed by atoms with Gasteiger partial charge in [-0.15, -0.1) is 5.10 Å². The van der Waals surface area contributed by atoms with Gasteiger partial charge in [0, 0.05) is 17.1 Å². The number of unbranched alkanes of at least 4 members (excludes halogenated alkanes) is 30. The highest BCUT2D eigenvalue weighted by Gasteiger charge is 2.34. The standard InChI is InChI=1S/C45H76N6O2S/c1-3-5-7-9-11-13-15-17-19-21-23-25-27-29-31-33-35-51(36-34-32-30-28-26-24-22-20-18-16-14-12-10-8-6-4-2)40-38-46-39(37-47-40)41-43(52)42(44(41)53)45-48-49-50-54-45/h37-38H,3-36H2,1-2H3. The quantitative estimate of drug-likeness (QED) is 0.0388. The van der Waals surface area contributed by atoms with E-state index in [2.05, 4.69) is 38.2 Å². The third-order valence-corrected chi connectivity index (χ3v) is 11.8. The number of hydrogen-bond donors (Lipinski definition) is 0. The van der Waals surface area contributed by atoms with Crippen molar-refractivity contribution >= 4 is 41.2 Å². The molecular weight excluding hydrogens is 689 g/mol. The number of hydrogen-bond acceptors (Lipinski definition) is 7. The molecule has 0 N–H and O–H groups in total. The van der Waals surface area contributed by atoms with E-state index in [1.54, 1.807) is 12.4 Å². The Kier molecular flexibility index (Phi) is 26.0. The highest BCUT2D eigenvalue weighted by molar-refractivity contribution is 7.07. The van der Waals surface area contributed by atoms with Crippen LogP contribution in [0.2, 0.25) is 0 Å². The van der Waals surface area contributed by atoms with Crippen molar-refractivity contribution in [3.8, 4) is 0 Å². The first kappa shape index (κ1) is 45.8. The molecule has 1 aliphatic carbocycles. The Balaban J connectivity index is 1.34. The van der Waals surface area contributed by atoms with Crippen LogP contribution in [0.5, 0.6) is 0 Å². The number of carbonyl (C=O) groups excluding carboxylic acids is 1. The molecule has 0 aromatic carbocycles.